The lowest BCUT2D eigenvalue weighted by Gasteiger charge is -2.34. The molecule has 25 heavy (non-hydrogen) atoms. The van der Waals surface area contributed by atoms with E-state index in [1.807, 2.05) is 29.0 Å². The molecule has 1 fully saturated rings. The molecule has 0 aliphatic carbocycles. The Morgan fingerprint density at radius 3 is 2.00 bits per heavy atom. The molecule has 1 saturated heterocycles. The lowest BCUT2D eigenvalue weighted by atomic mass is 10.1. The van der Waals surface area contributed by atoms with Gasteiger partial charge in [-0.2, -0.15) is 0 Å². The summed E-state index contributed by atoms with van der Waals surface area (Å²) < 4.78 is 0. The zero-order valence-electron chi connectivity index (χ0n) is 13.8. The zero-order valence-corrected chi connectivity index (χ0v) is 15.5. The third kappa shape index (κ3) is 4.84. The molecule has 5 nitrogen and oxygen atoms in total. The van der Waals surface area contributed by atoms with Crippen molar-refractivity contribution in [3.05, 3.63) is 44.8 Å². The molecule has 0 aromatic carbocycles. The lowest BCUT2D eigenvalue weighted by Crippen LogP contribution is -2.49. The molecule has 132 valence electrons. The smallest absolute Gasteiger partial charge is 0.223 e. The molecular formula is C18H20N2O3S2. The second kappa shape index (κ2) is 8.51. The number of ketones is 2. The quantitative estimate of drug-likeness (QED) is 0.697. The summed E-state index contributed by atoms with van der Waals surface area (Å²) in [4.78, 5) is 41.8. The first-order valence-electron chi connectivity index (χ1n) is 8.27. The second-order valence-corrected chi connectivity index (χ2v) is 7.85. The van der Waals surface area contributed by atoms with E-state index < -0.39 is 0 Å². The topological polar surface area (TPSA) is 57.7 Å². The Labute approximate surface area is 154 Å². The van der Waals surface area contributed by atoms with E-state index in [2.05, 4.69) is 4.90 Å². The van der Waals surface area contributed by atoms with Crippen LogP contribution in [0.3, 0.4) is 0 Å². The predicted octanol–water partition coefficient (Wildman–Crippen LogP) is 2.80. The van der Waals surface area contributed by atoms with Crippen molar-refractivity contribution in [2.75, 3.05) is 32.7 Å². The van der Waals surface area contributed by atoms with Gasteiger partial charge in [-0.15, -0.1) is 22.7 Å². The molecule has 2 aromatic rings. The van der Waals surface area contributed by atoms with Crippen molar-refractivity contribution in [3.63, 3.8) is 0 Å². The van der Waals surface area contributed by atoms with Crippen molar-refractivity contribution < 1.29 is 14.4 Å². The Morgan fingerprint density at radius 2 is 1.44 bits per heavy atom. The van der Waals surface area contributed by atoms with Crippen LogP contribution in [0.1, 0.15) is 32.2 Å². The standard InChI is InChI=1S/C18H20N2O3S2/c21-14(16-3-1-11-24-16)5-6-18(23)20-9-7-19(8-10-20)13-15(22)17-4-2-12-25-17/h1-4,11-12H,5-10,13H2. The summed E-state index contributed by atoms with van der Waals surface area (Å²) in [6.07, 6.45) is 0.515. The van der Waals surface area contributed by atoms with Crippen LogP contribution in [0.4, 0.5) is 0 Å². The summed E-state index contributed by atoms with van der Waals surface area (Å²) in [7, 11) is 0. The summed E-state index contributed by atoms with van der Waals surface area (Å²) >= 11 is 2.87. The fraction of sp³-hybridized carbons (Fsp3) is 0.389. The van der Waals surface area contributed by atoms with E-state index in [0.717, 1.165) is 4.88 Å². The van der Waals surface area contributed by atoms with E-state index in [1.165, 1.54) is 22.7 Å². The molecule has 0 unspecified atom stereocenters. The van der Waals surface area contributed by atoms with E-state index in [9.17, 15) is 14.4 Å². The van der Waals surface area contributed by atoms with Gasteiger partial charge in [-0.1, -0.05) is 12.1 Å². The van der Waals surface area contributed by atoms with Crippen LogP contribution in [0.15, 0.2) is 35.0 Å². The minimum absolute atomic E-state index is 0.0224. The van der Waals surface area contributed by atoms with Crippen molar-refractivity contribution in [2.24, 2.45) is 0 Å². The molecule has 0 spiro atoms. The van der Waals surface area contributed by atoms with Crippen LogP contribution in [0, 0.1) is 0 Å². The number of Topliss-reactive ketones (excluding diaryl/α,β-unsaturated/α-hetero) is 2. The number of carbonyl (C=O) groups is 3. The highest BCUT2D eigenvalue weighted by molar-refractivity contribution is 7.12. The number of amides is 1. The first-order valence-corrected chi connectivity index (χ1v) is 10.0. The van der Waals surface area contributed by atoms with Crippen LogP contribution in [-0.2, 0) is 4.79 Å². The molecule has 0 N–H and O–H groups in total. The number of piperazine rings is 1. The number of rotatable bonds is 7. The van der Waals surface area contributed by atoms with Crippen LogP contribution < -0.4 is 0 Å². The van der Waals surface area contributed by atoms with Crippen LogP contribution in [0.2, 0.25) is 0 Å². The van der Waals surface area contributed by atoms with Gasteiger partial charge in [0.05, 0.1) is 16.3 Å². The highest BCUT2D eigenvalue weighted by atomic mass is 32.1. The number of carbonyl (C=O) groups excluding carboxylic acids is 3. The predicted molar refractivity (Wildman–Crippen MR) is 99.6 cm³/mol. The fourth-order valence-electron chi connectivity index (χ4n) is 2.81. The van der Waals surface area contributed by atoms with Crippen molar-refractivity contribution in [1.29, 1.82) is 0 Å². The van der Waals surface area contributed by atoms with Crippen LogP contribution >= 0.6 is 22.7 Å². The Kier molecular flexibility index (Phi) is 6.12. The molecule has 0 radical (unpaired) electrons. The molecule has 1 aliphatic heterocycles. The van der Waals surface area contributed by atoms with Gasteiger partial charge >= 0.3 is 0 Å². The van der Waals surface area contributed by atoms with Gasteiger partial charge in [0.15, 0.2) is 11.6 Å². The number of nitrogens with zero attached hydrogens (tertiary/aromatic N) is 2. The molecule has 2 aromatic heterocycles. The third-order valence-corrected chi connectivity index (χ3v) is 6.07. The average molecular weight is 377 g/mol. The number of hydrogen-bond acceptors (Lipinski definition) is 6. The Morgan fingerprint density at radius 1 is 0.840 bits per heavy atom. The minimum Gasteiger partial charge on any atom is -0.340 e. The molecule has 7 heteroatoms. The van der Waals surface area contributed by atoms with Crippen LogP contribution in [0.25, 0.3) is 0 Å². The van der Waals surface area contributed by atoms with Crippen LogP contribution in [-0.4, -0.2) is 60.0 Å². The first kappa shape index (κ1) is 18.0. The maximum absolute atomic E-state index is 12.3. The van der Waals surface area contributed by atoms with E-state index in [-0.39, 0.29) is 30.3 Å². The SMILES string of the molecule is O=C(CCC(=O)N1CCN(CC(=O)c2cccs2)CC1)c1cccs1. The van der Waals surface area contributed by atoms with Crippen molar-refractivity contribution in [2.45, 2.75) is 12.8 Å². The van der Waals surface area contributed by atoms with E-state index >= 15 is 0 Å². The largest absolute Gasteiger partial charge is 0.340 e. The second-order valence-electron chi connectivity index (χ2n) is 5.96. The highest BCUT2D eigenvalue weighted by Crippen LogP contribution is 2.14. The molecule has 3 heterocycles. The van der Waals surface area contributed by atoms with Gasteiger partial charge in [-0.3, -0.25) is 19.3 Å². The lowest BCUT2D eigenvalue weighted by molar-refractivity contribution is -0.132. The average Bonchev–Trinajstić information content (AvgIpc) is 3.33. The Balaban J connectivity index is 1.40. The van der Waals surface area contributed by atoms with E-state index in [4.69, 9.17) is 0 Å². The van der Waals surface area contributed by atoms with Crippen molar-refractivity contribution in [3.8, 4) is 0 Å². The molecule has 0 atom stereocenters. The maximum atomic E-state index is 12.3. The summed E-state index contributed by atoms with van der Waals surface area (Å²) in [5.74, 6) is 0.189. The van der Waals surface area contributed by atoms with Crippen molar-refractivity contribution in [1.82, 2.24) is 9.80 Å². The molecule has 0 bridgehead atoms. The summed E-state index contributed by atoms with van der Waals surface area (Å²) in [5.41, 5.74) is 0. The zero-order chi connectivity index (χ0) is 17.6. The molecule has 1 amide bonds. The summed E-state index contributed by atoms with van der Waals surface area (Å²) in [5, 5.41) is 3.77. The first-order chi connectivity index (χ1) is 12.1. The monoisotopic (exact) mass is 376 g/mol. The van der Waals surface area contributed by atoms with Gasteiger partial charge in [-0.25, -0.2) is 0 Å². The molecular weight excluding hydrogens is 356 g/mol. The molecule has 1 aliphatic rings. The molecule has 3 rings (SSSR count). The highest BCUT2D eigenvalue weighted by Gasteiger charge is 2.23. The fourth-order valence-corrected chi connectivity index (χ4v) is 4.16. The van der Waals surface area contributed by atoms with Gasteiger partial charge in [0, 0.05) is 39.0 Å². The van der Waals surface area contributed by atoms with Gasteiger partial charge < -0.3 is 4.90 Å². The van der Waals surface area contributed by atoms with Crippen molar-refractivity contribution >= 4 is 40.1 Å². The van der Waals surface area contributed by atoms with Gasteiger partial charge in [0.1, 0.15) is 0 Å². The van der Waals surface area contributed by atoms with Gasteiger partial charge in [0.25, 0.3) is 0 Å². The Bertz CT molecular complexity index is 718. The normalized spacial score (nSPS) is 15.3. The minimum atomic E-state index is 0.0224. The van der Waals surface area contributed by atoms with Crippen LogP contribution in [0.5, 0.6) is 0 Å². The Hall–Kier alpha value is -1.83. The summed E-state index contributed by atoms with van der Waals surface area (Å²) in [6, 6.07) is 7.36. The summed E-state index contributed by atoms with van der Waals surface area (Å²) in [6.45, 7) is 3.02. The number of hydrogen-bond donors (Lipinski definition) is 0. The number of thiophene rings is 2. The molecule has 0 saturated carbocycles. The van der Waals surface area contributed by atoms with E-state index in [0.29, 0.717) is 37.6 Å². The maximum Gasteiger partial charge on any atom is 0.223 e. The van der Waals surface area contributed by atoms with Gasteiger partial charge in [-0.05, 0) is 22.9 Å². The van der Waals surface area contributed by atoms with E-state index in [1.54, 1.807) is 11.0 Å². The third-order valence-electron chi connectivity index (χ3n) is 4.25. The van der Waals surface area contributed by atoms with Gasteiger partial charge in [0.2, 0.25) is 5.91 Å².